The molecule has 0 saturated carbocycles. The third-order valence-electron chi connectivity index (χ3n) is 3.67. The summed E-state index contributed by atoms with van der Waals surface area (Å²) in [6, 6.07) is 12.0. The maximum absolute atomic E-state index is 12.5. The standard InChI is InChI=1S/C17H16O2/c1-3-19-11(2)10-15-13-8-4-6-12-7-5-9-14(16(12)13)17(15)18/h4-9,15H,2-3,10H2,1H3. The molecular formula is C17H16O2. The lowest BCUT2D eigenvalue weighted by atomic mass is 9.95. The second-order valence-electron chi connectivity index (χ2n) is 4.84. The van der Waals surface area contributed by atoms with Crippen LogP contribution >= 0.6 is 0 Å². The molecular weight excluding hydrogens is 236 g/mol. The molecule has 96 valence electrons. The molecule has 0 N–H and O–H groups in total. The van der Waals surface area contributed by atoms with Gasteiger partial charge in [-0.25, -0.2) is 0 Å². The van der Waals surface area contributed by atoms with Gasteiger partial charge in [0.15, 0.2) is 5.78 Å². The van der Waals surface area contributed by atoms with Gasteiger partial charge >= 0.3 is 0 Å². The van der Waals surface area contributed by atoms with Crippen molar-refractivity contribution in [1.29, 1.82) is 0 Å². The molecule has 2 heteroatoms. The SMILES string of the molecule is C=C(CC1C(=O)c2cccc3cccc1c23)OCC. The Labute approximate surface area is 112 Å². The summed E-state index contributed by atoms with van der Waals surface area (Å²) in [7, 11) is 0. The molecule has 0 amide bonds. The Balaban J connectivity index is 2.05. The van der Waals surface area contributed by atoms with Gasteiger partial charge in [0.05, 0.1) is 18.3 Å². The van der Waals surface area contributed by atoms with Crippen molar-refractivity contribution >= 4 is 16.6 Å². The van der Waals surface area contributed by atoms with Crippen molar-refractivity contribution in [3.05, 3.63) is 59.9 Å². The Bertz CT molecular complexity index is 665. The molecule has 0 fully saturated rings. The maximum Gasteiger partial charge on any atom is 0.171 e. The average molecular weight is 252 g/mol. The number of carbonyl (C=O) groups excluding carboxylic acids is 1. The number of hydrogen-bond donors (Lipinski definition) is 0. The van der Waals surface area contributed by atoms with Crippen LogP contribution in [0.25, 0.3) is 10.8 Å². The molecule has 1 aliphatic carbocycles. The topological polar surface area (TPSA) is 26.3 Å². The second-order valence-corrected chi connectivity index (χ2v) is 4.84. The van der Waals surface area contributed by atoms with Crippen LogP contribution in [0, 0.1) is 0 Å². The first kappa shape index (κ1) is 12.0. The van der Waals surface area contributed by atoms with Crippen molar-refractivity contribution in [2.75, 3.05) is 6.61 Å². The molecule has 3 rings (SSSR count). The quantitative estimate of drug-likeness (QED) is 0.767. The van der Waals surface area contributed by atoms with Crippen LogP contribution in [0.4, 0.5) is 0 Å². The van der Waals surface area contributed by atoms with Crippen molar-refractivity contribution in [1.82, 2.24) is 0 Å². The van der Waals surface area contributed by atoms with E-state index in [0.29, 0.717) is 18.8 Å². The summed E-state index contributed by atoms with van der Waals surface area (Å²) >= 11 is 0. The van der Waals surface area contributed by atoms with E-state index in [1.54, 1.807) is 0 Å². The monoisotopic (exact) mass is 252 g/mol. The lowest BCUT2D eigenvalue weighted by Gasteiger charge is -2.12. The molecule has 1 atom stereocenters. The molecule has 0 radical (unpaired) electrons. The van der Waals surface area contributed by atoms with E-state index in [-0.39, 0.29) is 11.7 Å². The zero-order valence-corrected chi connectivity index (χ0v) is 11.0. The van der Waals surface area contributed by atoms with Gasteiger partial charge in [-0.3, -0.25) is 4.79 Å². The fourth-order valence-corrected chi connectivity index (χ4v) is 2.89. The summed E-state index contributed by atoms with van der Waals surface area (Å²) in [6.45, 7) is 6.42. The van der Waals surface area contributed by atoms with Gasteiger partial charge in [0.25, 0.3) is 0 Å². The Morgan fingerprint density at radius 3 is 2.74 bits per heavy atom. The molecule has 1 unspecified atom stereocenters. The van der Waals surface area contributed by atoms with E-state index in [1.165, 1.54) is 0 Å². The molecule has 0 bridgehead atoms. The van der Waals surface area contributed by atoms with Crippen molar-refractivity contribution in [2.24, 2.45) is 0 Å². The third kappa shape index (κ3) is 1.84. The van der Waals surface area contributed by atoms with E-state index in [0.717, 1.165) is 21.9 Å². The lowest BCUT2D eigenvalue weighted by Crippen LogP contribution is -2.08. The number of ether oxygens (including phenoxy) is 1. The minimum absolute atomic E-state index is 0.139. The van der Waals surface area contributed by atoms with Crippen LogP contribution in [-0.2, 0) is 4.74 Å². The lowest BCUT2D eigenvalue weighted by molar-refractivity contribution is 0.0956. The minimum atomic E-state index is -0.139. The number of ketones is 1. The molecule has 2 nitrogen and oxygen atoms in total. The largest absolute Gasteiger partial charge is 0.499 e. The highest BCUT2D eigenvalue weighted by Gasteiger charge is 2.32. The van der Waals surface area contributed by atoms with Crippen LogP contribution < -0.4 is 0 Å². The van der Waals surface area contributed by atoms with Crippen molar-refractivity contribution in [2.45, 2.75) is 19.3 Å². The highest BCUT2D eigenvalue weighted by molar-refractivity contribution is 6.18. The normalized spacial score (nSPS) is 16.9. The molecule has 1 aliphatic rings. The Morgan fingerprint density at radius 2 is 2.00 bits per heavy atom. The summed E-state index contributed by atoms with van der Waals surface area (Å²) in [5.41, 5.74) is 1.95. The summed E-state index contributed by atoms with van der Waals surface area (Å²) in [5.74, 6) is 0.735. The van der Waals surface area contributed by atoms with Gasteiger partial charge in [-0.2, -0.15) is 0 Å². The third-order valence-corrected chi connectivity index (χ3v) is 3.67. The van der Waals surface area contributed by atoms with E-state index in [4.69, 9.17) is 4.74 Å². The van der Waals surface area contributed by atoms with Gasteiger partial charge in [0.2, 0.25) is 0 Å². The summed E-state index contributed by atoms with van der Waals surface area (Å²) in [4.78, 5) is 12.5. The van der Waals surface area contributed by atoms with Gasteiger partial charge in [-0.1, -0.05) is 43.0 Å². The first-order valence-corrected chi connectivity index (χ1v) is 6.58. The first-order valence-electron chi connectivity index (χ1n) is 6.58. The molecule has 0 spiro atoms. The Kier molecular flexibility index (Phi) is 2.86. The van der Waals surface area contributed by atoms with Crippen molar-refractivity contribution < 1.29 is 9.53 Å². The second kappa shape index (κ2) is 4.54. The Morgan fingerprint density at radius 1 is 1.26 bits per heavy atom. The molecule has 0 aromatic heterocycles. The highest BCUT2D eigenvalue weighted by Crippen LogP contribution is 2.40. The Hall–Kier alpha value is -2.09. The number of allylic oxidation sites excluding steroid dienone is 1. The van der Waals surface area contributed by atoms with E-state index in [1.807, 2.05) is 31.2 Å². The van der Waals surface area contributed by atoms with Gasteiger partial charge in [-0.15, -0.1) is 0 Å². The molecule has 0 saturated heterocycles. The predicted octanol–water partition coefficient (Wildman–Crippen LogP) is 4.06. The van der Waals surface area contributed by atoms with Gasteiger partial charge < -0.3 is 4.74 Å². The summed E-state index contributed by atoms with van der Waals surface area (Å²) in [6.07, 6.45) is 0.570. The van der Waals surface area contributed by atoms with E-state index in [2.05, 4.69) is 18.7 Å². The van der Waals surface area contributed by atoms with Gasteiger partial charge in [0.1, 0.15) is 0 Å². The first-order chi connectivity index (χ1) is 9.22. The van der Waals surface area contributed by atoms with Crippen LogP contribution in [0.1, 0.15) is 35.2 Å². The number of hydrogen-bond acceptors (Lipinski definition) is 2. The van der Waals surface area contributed by atoms with Crippen LogP contribution in [0.2, 0.25) is 0 Å². The molecule has 2 aromatic rings. The highest BCUT2D eigenvalue weighted by atomic mass is 16.5. The number of carbonyl (C=O) groups is 1. The predicted molar refractivity (Wildman–Crippen MR) is 76.4 cm³/mol. The molecule has 0 aliphatic heterocycles. The van der Waals surface area contributed by atoms with Crippen LogP contribution in [0.15, 0.2) is 48.7 Å². The molecule has 2 aromatic carbocycles. The zero-order chi connectivity index (χ0) is 13.4. The number of benzene rings is 2. The minimum Gasteiger partial charge on any atom is -0.499 e. The van der Waals surface area contributed by atoms with E-state index in [9.17, 15) is 4.79 Å². The van der Waals surface area contributed by atoms with Crippen LogP contribution in [0.5, 0.6) is 0 Å². The number of Topliss-reactive ketones (excluding diaryl/α,β-unsaturated/α-hetero) is 1. The smallest absolute Gasteiger partial charge is 0.171 e. The molecule has 19 heavy (non-hydrogen) atoms. The summed E-state index contributed by atoms with van der Waals surface area (Å²) in [5, 5.41) is 2.23. The zero-order valence-electron chi connectivity index (χ0n) is 11.0. The van der Waals surface area contributed by atoms with E-state index >= 15 is 0 Å². The van der Waals surface area contributed by atoms with Gasteiger partial charge in [-0.05, 0) is 23.3 Å². The fraction of sp³-hybridized carbons (Fsp3) is 0.235. The van der Waals surface area contributed by atoms with Crippen LogP contribution in [0.3, 0.4) is 0 Å². The average Bonchev–Trinajstić information content (AvgIpc) is 2.68. The van der Waals surface area contributed by atoms with Crippen molar-refractivity contribution in [3.63, 3.8) is 0 Å². The van der Waals surface area contributed by atoms with Crippen LogP contribution in [-0.4, -0.2) is 12.4 Å². The maximum atomic E-state index is 12.5. The van der Waals surface area contributed by atoms with Crippen molar-refractivity contribution in [3.8, 4) is 0 Å². The summed E-state index contributed by atoms with van der Waals surface area (Å²) < 4.78 is 5.40. The van der Waals surface area contributed by atoms with Gasteiger partial charge in [0, 0.05) is 12.0 Å². The fourth-order valence-electron chi connectivity index (χ4n) is 2.89. The van der Waals surface area contributed by atoms with E-state index < -0.39 is 0 Å². The molecule has 0 heterocycles. The number of rotatable bonds is 4.